The Labute approximate surface area is 583 Å². The fourth-order valence-electron chi connectivity index (χ4n) is 12.7. The molecule has 0 radical (unpaired) electrons. The fraction of sp³-hybridized carbons (Fsp3) is 0.875. The van der Waals surface area contributed by atoms with Gasteiger partial charge in [0.05, 0.1) is 24.4 Å². The Morgan fingerprint density at radius 3 is 1.20 bits per heavy atom. The van der Waals surface area contributed by atoms with Crippen molar-refractivity contribution in [3.05, 3.63) is 48.6 Å². The fourth-order valence-corrected chi connectivity index (χ4v) is 14.9. The van der Waals surface area contributed by atoms with Gasteiger partial charge in [0.15, 0.2) is 0 Å². The van der Waals surface area contributed by atoms with Crippen molar-refractivity contribution >= 4 is 33.4 Å². The van der Waals surface area contributed by atoms with Crippen LogP contribution in [0.3, 0.4) is 0 Å². The number of hydrogen-bond donors (Lipinski definition) is 6. The number of carbonyl (C=O) groups is 2. The summed E-state index contributed by atoms with van der Waals surface area (Å²) in [4.78, 5) is 34.5. The minimum absolute atomic E-state index is 0.103. The Bertz CT molecular complexity index is 1640. The van der Waals surface area contributed by atoms with Gasteiger partial charge in [0.1, 0.15) is 6.04 Å². The van der Waals surface area contributed by atoms with Crippen molar-refractivity contribution < 1.29 is 30.0 Å². The molecule has 546 valence electrons. The highest BCUT2D eigenvalue weighted by molar-refractivity contribution is 8.76. The van der Waals surface area contributed by atoms with Gasteiger partial charge >= 0.3 is 0 Å². The van der Waals surface area contributed by atoms with Crippen LogP contribution < -0.4 is 10.6 Å². The molecule has 0 aromatic heterocycles. The van der Waals surface area contributed by atoms with E-state index in [0.29, 0.717) is 52.1 Å². The van der Waals surface area contributed by atoms with Crippen LogP contribution in [0, 0.1) is 0 Å². The molecule has 0 spiro atoms. The number of rotatable bonds is 72. The molecule has 93 heavy (non-hydrogen) atoms. The molecule has 1 fully saturated rings. The van der Waals surface area contributed by atoms with E-state index in [1.807, 2.05) is 10.8 Å². The summed E-state index contributed by atoms with van der Waals surface area (Å²) in [6.07, 6.45) is 71.1. The van der Waals surface area contributed by atoms with Gasteiger partial charge in [-0.15, -0.1) is 0 Å². The first-order valence-corrected chi connectivity index (χ1v) is 42.4. The third-order valence-corrected chi connectivity index (χ3v) is 21.1. The zero-order chi connectivity index (χ0) is 67.4. The van der Waals surface area contributed by atoms with E-state index in [-0.39, 0.29) is 18.2 Å². The second-order valence-electron chi connectivity index (χ2n) is 27.9. The maximum absolute atomic E-state index is 13.8. The molecular weight excluding hydrogens is 1190 g/mol. The number of nitrogens with one attached hydrogen (secondary N) is 2. The van der Waals surface area contributed by atoms with Crippen LogP contribution in [0.5, 0.6) is 0 Å². The topological polar surface area (TPSA) is 149 Å². The highest BCUT2D eigenvalue weighted by Crippen LogP contribution is 2.25. The summed E-state index contributed by atoms with van der Waals surface area (Å²) in [5, 5.41) is 51.3. The van der Waals surface area contributed by atoms with Crippen molar-refractivity contribution in [2.24, 2.45) is 0 Å². The summed E-state index contributed by atoms with van der Waals surface area (Å²) in [6.45, 7) is 16.7. The molecule has 0 aliphatic carbocycles. The van der Waals surface area contributed by atoms with Crippen molar-refractivity contribution in [1.29, 1.82) is 0 Å². The van der Waals surface area contributed by atoms with Crippen LogP contribution in [0.25, 0.3) is 0 Å². The van der Waals surface area contributed by atoms with Gasteiger partial charge in [-0.3, -0.25) is 19.4 Å². The number of likely N-dealkylation sites (tertiary alicyclic amines) is 1. The van der Waals surface area contributed by atoms with Gasteiger partial charge < -0.3 is 36.0 Å². The third-order valence-electron chi connectivity index (χ3n) is 18.6. The van der Waals surface area contributed by atoms with E-state index in [2.05, 4.69) is 102 Å². The molecule has 2 amide bonds. The van der Waals surface area contributed by atoms with Crippen LogP contribution in [0.1, 0.15) is 342 Å². The number of nitrogens with zero attached hydrogens (tertiary/aromatic N) is 3. The summed E-state index contributed by atoms with van der Waals surface area (Å²) in [5.41, 5.74) is 0. The van der Waals surface area contributed by atoms with Crippen LogP contribution >= 0.6 is 21.6 Å². The van der Waals surface area contributed by atoms with Gasteiger partial charge in [0.2, 0.25) is 11.8 Å². The van der Waals surface area contributed by atoms with E-state index < -0.39 is 30.5 Å². The Hall–Kier alpha value is -1.68. The van der Waals surface area contributed by atoms with Crippen LogP contribution in [0.4, 0.5) is 0 Å². The molecule has 0 aromatic carbocycles. The average molecular weight is 1350 g/mol. The van der Waals surface area contributed by atoms with E-state index in [9.17, 15) is 30.0 Å². The second-order valence-corrected chi connectivity index (χ2v) is 30.6. The molecule has 5 atom stereocenters. The van der Waals surface area contributed by atoms with E-state index >= 15 is 0 Å². The Morgan fingerprint density at radius 2 is 0.774 bits per heavy atom. The van der Waals surface area contributed by atoms with Crippen molar-refractivity contribution in [3.8, 4) is 0 Å². The highest BCUT2D eigenvalue weighted by atomic mass is 33.1. The lowest BCUT2D eigenvalue weighted by Gasteiger charge is -2.27. The molecule has 0 bridgehead atoms. The number of aliphatic hydroxyl groups excluding tert-OH is 4. The molecule has 11 nitrogen and oxygen atoms in total. The average Bonchev–Trinajstić information content (AvgIpc) is 4.22. The maximum atomic E-state index is 13.8. The monoisotopic (exact) mass is 1340 g/mol. The zero-order valence-electron chi connectivity index (χ0n) is 61.4. The van der Waals surface area contributed by atoms with Gasteiger partial charge in [0, 0.05) is 50.7 Å². The lowest BCUT2D eigenvalue weighted by atomic mass is 10.0. The van der Waals surface area contributed by atoms with Crippen LogP contribution in [0.15, 0.2) is 48.6 Å². The molecule has 5 unspecified atom stereocenters. The van der Waals surface area contributed by atoms with E-state index in [0.717, 1.165) is 153 Å². The first-order chi connectivity index (χ1) is 45.6. The Morgan fingerprint density at radius 1 is 0.409 bits per heavy atom. The molecule has 1 saturated heterocycles. The van der Waals surface area contributed by atoms with Crippen molar-refractivity contribution in [3.63, 3.8) is 0 Å². The molecule has 13 heteroatoms. The van der Waals surface area contributed by atoms with E-state index in [1.54, 1.807) is 10.8 Å². The maximum Gasteiger partial charge on any atom is 0.242 e. The van der Waals surface area contributed by atoms with Crippen molar-refractivity contribution in [1.82, 2.24) is 25.3 Å². The summed E-state index contributed by atoms with van der Waals surface area (Å²) in [5.74, 6) is 1.49. The molecule has 0 aromatic rings. The summed E-state index contributed by atoms with van der Waals surface area (Å²) in [7, 11) is 3.61. The van der Waals surface area contributed by atoms with E-state index in [4.69, 9.17) is 0 Å². The minimum atomic E-state index is -0.604. The largest absolute Gasteiger partial charge is 0.392 e. The number of aliphatic hydroxyl groups is 4. The SMILES string of the molecule is CCCCC/C=C\C/C=C\CCCCCCC(O)CN(CCCCSSCCC(NC(=O)CCCN(CC(O)CCCCCCCCCC)CC(O)CCCCCCCCCC)C(=O)NCCCCN1CCCC1)CC(O)CCCCCC/C=C\C/C=C\CCCCC. The predicted molar refractivity (Wildman–Crippen MR) is 409 cm³/mol. The summed E-state index contributed by atoms with van der Waals surface area (Å²) < 4.78 is 0. The molecule has 6 N–H and O–H groups in total. The zero-order valence-corrected chi connectivity index (χ0v) is 63.0. The normalized spacial score (nSPS) is 14.9. The highest BCUT2D eigenvalue weighted by Gasteiger charge is 2.23. The number of carbonyl (C=O) groups excluding carboxylic acids is 2. The number of hydrogen-bond acceptors (Lipinski definition) is 11. The van der Waals surface area contributed by atoms with Crippen molar-refractivity contribution in [2.75, 3.05) is 77.0 Å². The first kappa shape index (κ1) is 89.3. The molecule has 1 aliphatic heterocycles. The Balaban J connectivity index is 2.80. The number of unbranched alkanes of at least 4 members (excludes halogenated alkanes) is 30. The lowest BCUT2D eigenvalue weighted by Crippen LogP contribution is -2.47. The number of amides is 2. The van der Waals surface area contributed by atoms with Gasteiger partial charge in [-0.2, -0.15) is 0 Å². The minimum Gasteiger partial charge on any atom is -0.392 e. The van der Waals surface area contributed by atoms with Gasteiger partial charge in [0.25, 0.3) is 0 Å². The first-order valence-electron chi connectivity index (χ1n) is 39.9. The molecular formula is C80H153N5O6S2. The number of allylic oxidation sites excluding steroid dienone is 8. The third kappa shape index (κ3) is 62.3. The standard InChI is InChI=1S/C80H153N5O6S2/c1-5-9-13-17-21-25-27-29-31-33-35-39-43-47-56-74(86)70-84(71-75(87)57-48-44-40-36-34-32-30-28-26-22-18-14-10-6-2)66-53-54-68-92-93-69-61-78(80(91)81-62-49-50-63-83-64-51-52-65-83)82-79(90)60-55-67-85(72-76(88)58-45-41-37-23-19-15-11-7-3)73-77(89)59-46-42-38-24-20-16-12-8-4/h21-22,25-26,29-32,74-78,86-89H,5-20,23-24,27-28,33-73H2,1-4H3,(H,81,91)(H,82,90)/b25-21-,26-22-,31-29-,32-30-. The molecule has 1 rings (SSSR count). The van der Waals surface area contributed by atoms with Gasteiger partial charge in [-0.1, -0.05) is 265 Å². The summed E-state index contributed by atoms with van der Waals surface area (Å²) >= 11 is 0. The molecule has 1 heterocycles. The van der Waals surface area contributed by atoms with Crippen LogP contribution in [-0.2, 0) is 9.59 Å². The van der Waals surface area contributed by atoms with Gasteiger partial charge in [-0.05, 0) is 174 Å². The van der Waals surface area contributed by atoms with Crippen LogP contribution in [-0.4, -0.2) is 154 Å². The second kappa shape index (κ2) is 70.2. The van der Waals surface area contributed by atoms with E-state index in [1.165, 1.54) is 180 Å². The molecule has 0 saturated carbocycles. The summed E-state index contributed by atoms with van der Waals surface area (Å²) in [6, 6.07) is -0.604. The van der Waals surface area contributed by atoms with Gasteiger partial charge in [-0.25, -0.2) is 0 Å². The quantitative estimate of drug-likeness (QED) is 0.0196. The van der Waals surface area contributed by atoms with Crippen LogP contribution in [0.2, 0.25) is 0 Å². The predicted octanol–water partition coefficient (Wildman–Crippen LogP) is 19.8. The molecule has 1 aliphatic rings. The van der Waals surface area contributed by atoms with Crippen molar-refractivity contribution in [2.45, 2.75) is 373 Å². The lowest BCUT2D eigenvalue weighted by molar-refractivity contribution is -0.129. The Kier molecular flexibility index (Phi) is 67.4. The smallest absolute Gasteiger partial charge is 0.242 e.